The summed E-state index contributed by atoms with van der Waals surface area (Å²) in [6.07, 6.45) is 24.0. The highest BCUT2D eigenvalue weighted by Crippen LogP contribution is 2.15. The Morgan fingerprint density at radius 3 is 1.17 bits per heavy atom. The fourth-order valence-corrected chi connectivity index (χ4v) is 6.67. The predicted molar refractivity (Wildman–Crippen MR) is 211 cm³/mol. The van der Waals surface area contributed by atoms with Gasteiger partial charge in [-0.05, 0) is 62.1 Å². The number of nitrogens with one attached hydrogen (secondary N) is 2. The number of nitrogens with two attached hydrogens (primary N) is 2. The SMILES string of the molecule is NC(=O)C1=CCN(C(=O)C(Cc2ccccc2)NCCCCCCCCCCCCCNC(Cc2ccccc2)C(=O)N2C=CC(C(N)=O)=CC2)C=C1. The molecule has 2 heterocycles. The van der Waals surface area contributed by atoms with E-state index >= 15 is 0 Å². The average Bonchev–Trinajstić information content (AvgIpc) is 3.18. The zero-order valence-electron chi connectivity index (χ0n) is 31.1. The molecule has 0 spiro atoms. The molecular formula is C43H58N6O4. The number of carbonyl (C=O) groups is 4. The highest BCUT2D eigenvalue weighted by atomic mass is 16.2. The lowest BCUT2D eigenvalue weighted by Crippen LogP contribution is -2.46. The van der Waals surface area contributed by atoms with Gasteiger partial charge in [0.1, 0.15) is 0 Å². The fraction of sp³-hybridized carbons (Fsp3) is 0.442. The summed E-state index contributed by atoms with van der Waals surface area (Å²) >= 11 is 0. The molecule has 2 aliphatic rings. The summed E-state index contributed by atoms with van der Waals surface area (Å²) in [5, 5.41) is 7.00. The van der Waals surface area contributed by atoms with Crippen molar-refractivity contribution in [2.24, 2.45) is 11.5 Å². The summed E-state index contributed by atoms with van der Waals surface area (Å²) in [7, 11) is 0. The van der Waals surface area contributed by atoms with Gasteiger partial charge < -0.3 is 31.9 Å². The molecule has 4 rings (SSSR count). The quantitative estimate of drug-likeness (QED) is 0.109. The molecule has 2 aromatic carbocycles. The summed E-state index contributed by atoms with van der Waals surface area (Å²) < 4.78 is 0. The molecule has 0 aliphatic carbocycles. The molecule has 0 fully saturated rings. The van der Waals surface area contributed by atoms with Gasteiger partial charge in [-0.2, -0.15) is 0 Å². The van der Waals surface area contributed by atoms with Crippen molar-refractivity contribution in [3.8, 4) is 0 Å². The topological polar surface area (TPSA) is 151 Å². The maximum absolute atomic E-state index is 13.4. The van der Waals surface area contributed by atoms with Gasteiger partial charge in [-0.15, -0.1) is 0 Å². The number of nitrogens with zero attached hydrogens (tertiary/aromatic N) is 2. The number of rotatable bonds is 24. The summed E-state index contributed by atoms with van der Waals surface area (Å²) in [6.45, 7) is 2.25. The normalized spacial score (nSPS) is 15.1. The second-order valence-corrected chi connectivity index (χ2v) is 13.9. The van der Waals surface area contributed by atoms with Gasteiger partial charge in [-0.25, -0.2) is 0 Å². The molecular weight excluding hydrogens is 665 g/mol. The third-order valence-corrected chi connectivity index (χ3v) is 9.82. The molecule has 53 heavy (non-hydrogen) atoms. The minimum Gasteiger partial charge on any atom is -0.366 e. The van der Waals surface area contributed by atoms with Gasteiger partial charge in [-0.3, -0.25) is 19.2 Å². The van der Waals surface area contributed by atoms with Crippen LogP contribution in [0.5, 0.6) is 0 Å². The molecule has 0 aromatic heterocycles. The third-order valence-electron chi connectivity index (χ3n) is 9.82. The highest BCUT2D eigenvalue weighted by molar-refractivity contribution is 5.96. The van der Waals surface area contributed by atoms with Crippen LogP contribution in [0.4, 0.5) is 0 Å². The van der Waals surface area contributed by atoms with Crippen LogP contribution in [0.1, 0.15) is 81.8 Å². The van der Waals surface area contributed by atoms with E-state index in [1.54, 1.807) is 46.5 Å². The number of unbranched alkanes of at least 4 members (excludes halogenated alkanes) is 10. The summed E-state index contributed by atoms with van der Waals surface area (Å²) in [6, 6.07) is 19.4. The molecule has 4 amide bonds. The van der Waals surface area contributed by atoms with Gasteiger partial charge in [-0.1, -0.05) is 131 Å². The number of carbonyl (C=O) groups excluding carboxylic acids is 4. The van der Waals surface area contributed by atoms with Crippen molar-refractivity contribution in [3.63, 3.8) is 0 Å². The molecule has 2 aromatic rings. The Hall–Kier alpha value is -4.80. The maximum atomic E-state index is 13.4. The summed E-state index contributed by atoms with van der Waals surface area (Å²) in [4.78, 5) is 53.0. The van der Waals surface area contributed by atoms with E-state index in [0.29, 0.717) is 37.1 Å². The van der Waals surface area contributed by atoms with Crippen molar-refractivity contribution in [2.45, 2.75) is 95.6 Å². The zero-order chi connectivity index (χ0) is 37.7. The first-order valence-electron chi connectivity index (χ1n) is 19.3. The third kappa shape index (κ3) is 14.6. The van der Waals surface area contributed by atoms with Gasteiger partial charge in [0.05, 0.1) is 12.1 Å². The molecule has 2 unspecified atom stereocenters. The predicted octanol–water partition coefficient (Wildman–Crippen LogP) is 5.21. The smallest absolute Gasteiger partial charge is 0.248 e. The number of amides is 4. The zero-order valence-corrected chi connectivity index (χ0v) is 31.1. The standard InChI is InChI=1S/C43H58N6O4/c44-40(50)36-22-28-48(29-23-36)42(52)38(32-34-18-12-10-13-19-34)46-26-16-8-6-4-2-1-3-5-7-9-17-27-47-39(33-35-20-14-11-15-21-35)43(53)49-30-24-37(25-31-49)41(45)51/h10-15,18-25,28,30,38-39,46-47H,1-9,16-17,26-27,29,31-33H2,(H2,44,50)(H2,45,51). The Balaban J connectivity index is 1.04. The van der Waals surface area contributed by atoms with E-state index in [0.717, 1.165) is 49.9 Å². The number of primary amides is 2. The molecule has 0 radical (unpaired) electrons. The Bertz CT molecular complexity index is 1470. The summed E-state index contributed by atoms with van der Waals surface area (Å²) in [5.41, 5.74) is 13.8. The number of benzene rings is 2. The van der Waals surface area contributed by atoms with Crippen LogP contribution in [0.15, 0.2) is 109 Å². The van der Waals surface area contributed by atoms with E-state index in [-0.39, 0.29) is 23.9 Å². The van der Waals surface area contributed by atoms with Crippen molar-refractivity contribution in [2.75, 3.05) is 26.2 Å². The van der Waals surface area contributed by atoms with Crippen LogP contribution in [0.25, 0.3) is 0 Å². The first-order valence-corrected chi connectivity index (χ1v) is 19.3. The molecule has 6 N–H and O–H groups in total. The summed E-state index contributed by atoms with van der Waals surface area (Å²) in [5.74, 6) is -0.980. The van der Waals surface area contributed by atoms with Crippen LogP contribution < -0.4 is 22.1 Å². The lowest BCUT2D eigenvalue weighted by atomic mass is 10.0. The van der Waals surface area contributed by atoms with Crippen LogP contribution in [-0.4, -0.2) is 71.7 Å². The van der Waals surface area contributed by atoms with Crippen LogP contribution in [0.2, 0.25) is 0 Å². The van der Waals surface area contributed by atoms with Crippen molar-refractivity contribution in [3.05, 3.63) is 120 Å². The van der Waals surface area contributed by atoms with Crippen LogP contribution >= 0.6 is 0 Å². The Labute approximate surface area is 315 Å². The minimum absolute atomic E-state index is 0.00527. The Morgan fingerprint density at radius 2 is 0.868 bits per heavy atom. The van der Waals surface area contributed by atoms with E-state index in [9.17, 15) is 19.2 Å². The average molecular weight is 723 g/mol. The van der Waals surface area contributed by atoms with Gasteiger partial charge in [0.15, 0.2) is 0 Å². The molecule has 0 saturated heterocycles. The second-order valence-electron chi connectivity index (χ2n) is 13.9. The van der Waals surface area contributed by atoms with E-state index in [1.165, 1.54) is 44.9 Å². The van der Waals surface area contributed by atoms with E-state index in [2.05, 4.69) is 10.6 Å². The molecule has 284 valence electrons. The monoisotopic (exact) mass is 722 g/mol. The van der Waals surface area contributed by atoms with Gasteiger partial charge in [0.2, 0.25) is 23.6 Å². The Morgan fingerprint density at radius 1 is 0.528 bits per heavy atom. The van der Waals surface area contributed by atoms with Crippen LogP contribution in [-0.2, 0) is 32.0 Å². The molecule has 0 bridgehead atoms. The minimum atomic E-state index is -0.485. The molecule has 10 nitrogen and oxygen atoms in total. The Kier molecular flexibility index (Phi) is 17.8. The lowest BCUT2D eigenvalue weighted by Gasteiger charge is -2.26. The first kappa shape index (κ1) is 41.0. The van der Waals surface area contributed by atoms with E-state index < -0.39 is 11.8 Å². The molecule has 2 atom stereocenters. The van der Waals surface area contributed by atoms with E-state index in [4.69, 9.17) is 11.5 Å². The van der Waals surface area contributed by atoms with E-state index in [1.807, 2.05) is 60.7 Å². The fourth-order valence-electron chi connectivity index (χ4n) is 6.67. The number of hydrogen-bond donors (Lipinski definition) is 4. The molecule has 2 aliphatic heterocycles. The van der Waals surface area contributed by atoms with Crippen molar-refractivity contribution in [1.29, 1.82) is 0 Å². The first-order chi connectivity index (χ1) is 25.8. The molecule has 0 saturated carbocycles. The largest absolute Gasteiger partial charge is 0.366 e. The van der Waals surface area contributed by atoms with Crippen molar-refractivity contribution in [1.82, 2.24) is 20.4 Å². The van der Waals surface area contributed by atoms with Crippen molar-refractivity contribution < 1.29 is 19.2 Å². The maximum Gasteiger partial charge on any atom is 0.248 e. The number of hydrogen-bond acceptors (Lipinski definition) is 6. The van der Waals surface area contributed by atoms with Gasteiger partial charge in [0, 0.05) is 36.6 Å². The van der Waals surface area contributed by atoms with Gasteiger partial charge >= 0.3 is 0 Å². The molecule has 10 heteroatoms. The highest BCUT2D eigenvalue weighted by Gasteiger charge is 2.25. The second kappa shape index (κ2) is 23.0. The van der Waals surface area contributed by atoms with Gasteiger partial charge in [0.25, 0.3) is 0 Å². The van der Waals surface area contributed by atoms with Crippen LogP contribution in [0, 0.1) is 0 Å². The van der Waals surface area contributed by atoms with Crippen molar-refractivity contribution >= 4 is 23.6 Å². The lowest BCUT2D eigenvalue weighted by molar-refractivity contribution is -0.131. The van der Waals surface area contributed by atoms with Crippen LogP contribution in [0.3, 0.4) is 0 Å².